The second-order valence-corrected chi connectivity index (χ2v) is 3.48. The first-order chi connectivity index (χ1) is 5.90. The summed E-state index contributed by atoms with van der Waals surface area (Å²) in [6, 6.07) is 7.69. The summed E-state index contributed by atoms with van der Waals surface area (Å²) in [5.74, 6) is 0.929. The molecule has 0 aromatic heterocycles. The van der Waals surface area contributed by atoms with E-state index in [4.69, 9.17) is 5.26 Å². The molecule has 1 aliphatic rings. The monoisotopic (exact) mass is 174 g/mol. The number of rotatable bonds is 0. The van der Waals surface area contributed by atoms with E-state index < -0.39 is 0 Å². The second-order valence-electron chi connectivity index (χ2n) is 2.42. The van der Waals surface area contributed by atoms with E-state index in [9.17, 15) is 0 Å². The van der Waals surface area contributed by atoms with Gasteiger partial charge in [-0.15, -0.1) is 11.8 Å². The number of aliphatic imine (C=N–C) groups is 1. The van der Waals surface area contributed by atoms with Crippen LogP contribution < -0.4 is 0 Å². The van der Waals surface area contributed by atoms with Crippen LogP contribution in [0.2, 0.25) is 0 Å². The van der Waals surface area contributed by atoms with Crippen molar-refractivity contribution in [1.29, 1.82) is 5.26 Å². The van der Waals surface area contributed by atoms with Crippen LogP contribution in [0.5, 0.6) is 0 Å². The zero-order valence-electron chi connectivity index (χ0n) is 6.32. The third-order valence-corrected chi connectivity index (χ3v) is 2.60. The summed E-state index contributed by atoms with van der Waals surface area (Å²) >= 11 is 1.75. The third-order valence-electron chi connectivity index (χ3n) is 1.63. The summed E-state index contributed by atoms with van der Waals surface area (Å²) < 4.78 is 0. The van der Waals surface area contributed by atoms with Crippen molar-refractivity contribution in [3.8, 4) is 6.07 Å². The predicted octanol–water partition coefficient (Wildman–Crippen LogP) is 2.37. The van der Waals surface area contributed by atoms with E-state index in [1.165, 1.54) is 0 Å². The molecule has 0 N–H and O–H groups in total. The maximum absolute atomic E-state index is 8.63. The SMILES string of the molecule is N#Cc1ccc2c(c1)N=CCS2. The maximum atomic E-state index is 8.63. The normalized spacial score (nSPS) is 13.6. The Bertz CT molecular complexity index is 377. The summed E-state index contributed by atoms with van der Waals surface area (Å²) in [6.45, 7) is 0. The Balaban J connectivity index is 2.53. The van der Waals surface area contributed by atoms with E-state index in [1.54, 1.807) is 11.8 Å². The number of fused-ring (bicyclic) bond motifs is 1. The number of benzene rings is 1. The van der Waals surface area contributed by atoms with Gasteiger partial charge in [-0.1, -0.05) is 0 Å². The molecule has 0 aliphatic carbocycles. The highest BCUT2D eigenvalue weighted by Gasteiger charge is 2.05. The van der Waals surface area contributed by atoms with Gasteiger partial charge in [0.2, 0.25) is 0 Å². The molecule has 1 aliphatic heterocycles. The van der Waals surface area contributed by atoms with Crippen LogP contribution in [0.1, 0.15) is 5.56 Å². The van der Waals surface area contributed by atoms with Crippen LogP contribution >= 0.6 is 11.8 Å². The number of hydrogen-bond acceptors (Lipinski definition) is 3. The molecular formula is C9H6N2S. The van der Waals surface area contributed by atoms with E-state index in [0.29, 0.717) is 5.56 Å². The van der Waals surface area contributed by atoms with Gasteiger partial charge < -0.3 is 0 Å². The van der Waals surface area contributed by atoms with Gasteiger partial charge in [0.1, 0.15) is 0 Å². The lowest BCUT2D eigenvalue weighted by atomic mass is 10.2. The molecule has 0 unspecified atom stereocenters. The Hall–Kier alpha value is -1.27. The molecule has 12 heavy (non-hydrogen) atoms. The van der Waals surface area contributed by atoms with E-state index in [-0.39, 0.29) is 0 Å². The molecule has 0 amide bonds. The van der Waals surface area contributed by atoms with Gasteiger partial charge in [0, 0.05) is 16.9 Å². The average molecular weight is 174 g/mol. The van der Waals surface area contributed by atoms with Crippen molar-refractivity contribution in [2.24, 2.45) is 4.99 Å². The zero-order chi connectivity index (χ0) is 8.39. The highest BCUT2D eigenvalue weighted by atomic mass is 32.2. The van der Waals surface area contributed by atoms with Crippen molar-refractivity contribution >= 4 is 23.7 Å². The van der Waals surface area contributed by atoms with Crippen LogP contribution in [0.3, 0.4) is 0 Å². The molecule has 2 nitrogen and oxygen atoms in total. The summed E-state index contributed by atoms with van der Waals surface area (Å²) in [5, 5.41) is 8.63. The van der Waals surface area contributed by atoms with Crippen LogP contribution in [-0.2, 0) is 0 Å². The minimum atomic E-state index is 0.674. The fourth-order valence-electron chi connectivity index (χ4n) is 1.07. The first kappa shape index (κ1) is 7.38. The van der Waals surface area contributed by atoms with Crippen LogP contribution in [0.4, 0.5) is 5.69 Å². The van der Waals surface area contributed by atoms with Crippen molar-refractivity contribution in [3.05, 3.63) is 23.8 Å². The summed E-state index contributed by atoms with van der Waals surface area (Å²) in [7, 11) is 0. The van der Waals surface area contributed by atoms with E-state index >= 15 is 0 Å². The Labute approximate surface area is 74.9 Å². The van der Waals surface area contributed by atoms with Crippen LogP contribution in [0.25, 0.3) is 0 Å². The molecule has 0 atom stereocenters. The fraction of sp³-hybridized carbons (Fsp3) is 0.111. The van der Waals surface area contributed by atoms with Gasteiger partial charge in [-0.2, -0.15) is 5.26 Å². The molecule has 0 saturated carbocycles. The first-order valence-corrected chi connectivity index (χ1v) is 4.58. The quantitative estimate of drug-likeness (QED) is 0.605. The highest BCUT2D eigenvalue weighted by Crippen LogP contribution is 2.32. The third kappa shape index (κ3) is 1.21. The lowest BCUT2D eigenvalue weighted by molar-refractivity contribution is 1.34. The molecule has 2 rings (SSSR count). The number of hydrogen-bond donors (Lipinski definition) is 0. The molecule has 1 aromatic rings. The van der Waals surface area contributed by atoms with Crippen LogP contribution in [0, 0.1) is 11.3 Å². The van der Waals surface area contributed by atoms with Gasteiger partial charge in [0.25, 0.3) is 0 Å². The molecule has 0 spiro atoms. The summed E-state index contributed by atoms with van der Waals surface area (Å²) in [5.41, 5.74) is 1.60. The number of nitriles is 1. The molecule has 0 fully saturated rings. The van der Waals surface area contributed by atoms with Gasteiger partial charge in [-0.05, 0) is 18.2 Å². The largest absolute Gasteiger partial charge is 0.259 e. The lowest BCUT2D eigenvalue weighted by Gasteiger charge is -2.07. The molecular weight excluding hydrogens is 168 g/mol. The minimum absolute atomic E-state index is 0.674. The van der Waals surface area contributed by atoms with Crippen LogP contribution in [-0.4, -0.2) is 12.0 Å². The number of thioether (sulfide) groups is 1. The highest BCUT2D eigenvalue weighted by molar-refractivity contribution is 8.00. The Morgan fingerprint density at radius 2 is 2.42 bits per heavy atom. The maximum Gasteiger partial charge on any atom is 0.0992 e. The van der Waals surface area contributed by atoms with Crippen molar-refractivity contribution < 1.29 is 0 Å². The number of nitrogens with zero attached hydrogens (tertiary/aromatic N) is 2. The van der Waals surface area contributed by atoms with Crippen molar-refractivity contribution in [3.63, 3.8) is 0 Å². The average Bonchev–Trinajstić information content (AvgIpc) is 2.17. The smallest absolute Gasteiger partial charge is 0.0992 e. The summed E-state index contributed by atoms with van der Waals surface area (Å²) in [6.07, 6.45) is 1.87. The molecule has 0 radical (unpaired) electrons. The van der Waals surface area contributed by atoms with E-state index in [2.05, 4.69) is 11.1 Å². The topological polar surface area (TPSA) is 36.1 Å². The van der Waals surface area contributed by atoms with Gasteiger partial charge in [0.15, 0.2) is 0 Å². The van der Waals surface area contributed by atoms with Crippen molar-refractivity contribution in [2.45, 2.75) is 4.90 Å². The molecule has 58 valence electrons. The standard InChI is InChI=1S/C9H6N2S/c10-6-7-1-2-9-8(5-7)11-3-4-12-9/h1-3,5H,4H2. The Morgan fingerprint density at radius 1 is 1.50 bits per heavy atom. The predicted molar refractivity (Wildman–Crippen MR) is 50.0 cm³/mol. The van der Waals surface area contributed by atoms with Crippen molar-refractivity contribution in [1.82, 2.24) is 0 Å². The molecule has 1 heterocycles. The van der Waals surface area contributed by atoms with Gasteiger partial charge in [0.05, 0.1) is 17.3 Å². The zero-order valence-corrected chi connectivity index (χ0v) is 7.14. The van der Waals surface area contributed by atoms with Crippen molar-refractivity contribution in [2.75, 3.05) is 5.75 Å². The first-order valence-electron chi connectivity index (χ1n) is 3.59. The fourth-order valence-corrected chi connectivity index (χ4v) is 1.82. The Kier molecular flexibility index (Phi) is 1.84. The summed E-state index contributed by atoms with van der Waals surface area (Å²) in [4.78, 5) is 5.37. The van der Waals surface area contributed by atoms with Gasteiger partial charge in [-0.25, -0.2) is 0 Å². The molecule has 3 heteroatoms. The van der Waals surface area contributed by atoms with E-state index in [1.807, 2.05) is 24.4 Å². The van der Waals surface area contributed by atoms with E-state index in [0.717, 1.165) is 16.3 Å². The van der Waals surface area contributed by atoms with Crippen LogP contribution in [0.15, 0.2) is 28.1 Å². The van der Waals surface area contributed by atoms with Gasteiger partial charge in [-0.3, -0.25) is 4.99 Å². The lowest BCUT2D eigenvalue weighted by Crippen LogP contribution is -1.88. The molecule has 0 saturated heterocycles. The molecule has 0 bridgehead atoms. The Morgan fingerprint density at radius 3 is 3.25 bits per heavy atom. The minimum Gasteiger partial charge on any atom is -0.259 e. The second kappa shape index (κ2) is 3.00. The van der Waals surface area contributed by atoms with Gasteiger partial charge >= 0.3 is 0 Å². The molecule has 1 aromatic carbocycles.